The summed E-state index contributed by atoms with van der Waals surface area (Å²) in [5.74, 6) is 0. The Morgan fingerprint density at radius 1 is 1.59 bits per heavy atom. The number of hydrogen-bond donors (Lipinski definition) is 2. The predicted molar refractivity (Wildman–Crippen MR) is 63.4 cm³/mol. The number of nitrogens with zero attached hydrogens (tertiary/aromatic N) is 2. The van der Waals surface area contributed by atoms with Crippen molar-refractivity contribution in [3.8, 4) is 0 Å². The van der Waals surface area contributed by atoms with Gasteiger partial charge in [-0.25, -0.2) is 0 Å². The topological polar surface area (TPSA) is 92.6 Å². The number of nitrogen functional groups attached to an aromatic ring is 1. The minimum Gasteiger partial charge on any atom is -0.393 e. The average molecular weight is 237 g/mol. The van der Waals surface area contributed by atoms with Crippen LogP contribution < -0.4 is 5.73 Å². The van der Waals surface area contributed by atoms with Crippen LogP contribution >= 0.6 is 0 Å². The molecule has 1 heterocycles. The van der Waals surface area contributed by atoms with Gasteiger partial charge in [0.15, 0.2) is 0 Å². The number of hydrogen-bond acceptors (Lipinski definition) is 5. The highest BCUT2D eigenvalue weighted by molar-refractivity contribution is 5.62. The summed E-state index contributed by atoms with van der Waals surface area (Å²) in [6, 6.07) is 4.82. The van der Waals surface area contributed by atoms with Gasteiger partial charge in [-0.1, -0.05) is 12.1 Å². The van der Waals surface area contributed by atoms with Crippen LogP contribution in [0.15, 0.2) is 18.2 Å². The monoisotopic (exact) mass is 237 g/mol. The first-order valence-corrected chi connectivity index (χ1v) is 5.50. The molecule has 0 radical (unpaired) electrons. The van der Waals surface area contributed by atoms with E-state index in [9.17, 15) is 15.2 Å². The van der Waals surface area contributed by atoms with Crippen LogP contribution in [0.4, 0.5) is 11.4 Å². The van der Waals surface area contributed by atoms with Crippen LogP contribution in [0, 0.1) is 10.1 Å². The number of aliphatic hydroxyl groups is 1. The second kappa shape index (κ2) is 4.68. The van der Waals surface area contributed by atoms with Crippen molar-refractivity contribution in [3.63, 3.8) is 0 Å². The van der Waals surface area contributed by atoms with Crippen LogP contribution in [0.1, 0.15) is 12.0 Å². The second-order valence-electron chi connectivity index (χ2n) is 4.28. The zero-order valence-electron chi connectivity index (χ0n) is 9.37. The molecule has 3 N–H and O–H groups in total. The minimum absolute atomic E-state index is 0.0535. The standard InChI is InChI=1S/C11H15N3O3/c12-11-8(2-1-3-10(11)14(16)17)6-13-5-4-9(15)7-13/h1-3,9,15H,4-7,12H2. The summed E-state index contributed by atoms with van der Waals surface area (Å²) in [5, 5.41) is 20.1. The molecule has 1 unspecified atom stereocenters. The highest BCUT2D eigenvalue weighted by atomic mass is 16.6. The number of nitro groups is 1. The van der Waals surface area contributed by atoms with Gasteiger partial charge in [-0.2, -0.15) is 0 Å². The Bertz CT molecular complexity index is 436. The lowest BCUT2D eigenvalue weighted by Gasteiger charge is -2.16. The molecular weight excluding hydrogens is 222 g/mol. The Balaban J connectivity index is 2.16. The van der Waals surface area contributed by atoms with Gasteiger partial charge in [-0.3, -0.25) is 15.0 Å². The summed E-state index contributed by atoms with van der Waals surface area (Å²) < 4.78 is 0. The van der Waals surface area contributed by atoms with E-state index in [4.69, 9.17) is 5.73 Å². The van der Waals surface area contributed by atoms with Gasteiger partial charge >= 0.3 is 0 Å². The van der Waals surface area contributed by atoms with Gasteiger partial charge in [0.05, 0.1) is 11.0 Å². The fourth-order valence-corrected chi connectivity index (χ4v) is 2.09. The van der Waals surface area contributed by atoms with Crippen molar-refractivity contribution in [2.24, 2.45) is 0 Å². The summed E-state index contributed by atoms with van der Waals surface area (Å²) >= 11 is 0. The van der Waals surface area contributed by atoms with E-state index >= 15 is 0 Å². The lowest BCUT2D eigenvalue weighted by atomic mass is 10.1. The van der Waals surface area contributed by atoms with Crippen LogP contribution in [0.5, 0.6) is 0 Å². The summed E-state index contributed by atoms with van der Waals surface area (Å²) in [5.41, 5.74) is 6.68. The average Bonchev–Trinajstić information content (AvgIpc) is 2.67. The van der Waals surface area contributed by atoms with Crippen LogP contribution in [-0.2, 0) is 6.54 Å². The molecule has 1 saturated heterocycles. The number of β-amino-alcohol motifs (C(OH)–C–C–N with tert-alkyl or cyclic N) is 1. The predicted octanol–water partition coefficient (Wildman–Crippen LogP) is 0.744. The minimum atomic E-state index is -0.475. The van der Waals surface area contributed by atoms with Gasteiger partial charge in [0, 0.05) is 25.7 Å². The molecule has 1 aliphatic rings. The van der Waals surface area contributed by atoms with Crippen LogP contribution in [0.2, 0.25) is 0 Å². The number of rotatable bonds is 3. The summed E-state index contributed by atoms with van der Waals surface area (Å²) in [6.07, 6.45) is 0.449. The molecule has 1 aromatic rings. The van der Waals surface area contributed by atoms with Crippen LogP contribution in [0.3, 0.4) is 0 Å². The van der Waals surface area contributed by atoms with Crippen molar-refractivity contribution in [1.82, 2.24) is 4.90 Å². The van der Waals surface area contributed by atoms with E-state index in [0.29, 0.717) is 13.1 Å². The van der Waals surface area contributed by atoms with Gasteiger partial charge in [0.25, 0.3) is 5.69 Å². The third-order valence-electron chi connectivity index (χ3n) is 3.01. The molecule has 0 aliphatic carbocycles. The van der Waals surface area contributed by atoms with Crippen molar-refractivity contribution in [2.75, 3.05) is 18.8 Å². The molecule has 1 aromatic carbocycles. The first-order valence-electron chi connectivity index (χ1n) is 5.50. The molecule has 2 rings (SSSR count). The molecule has 0 spiro atoms. The highest BCUT2D eigenvalue weighted by Gasteiger charge is 2.22. The molecule has 6 heteroatoms. The lowest BCUT2D eigenvalue weighted by molar-refractivity contribution is -0.384. The molecule has 6 nitrogen and oxygen atoms in total. The largest absolute Gasteiger partial charge is 0.393 e. The van der Waals surface area contributed by atoms with Crippen molar-refractivity contribution in [3.05, 3.63) is 33.9 Å². The van der Waals surface area contributed by atoms with Gasteiger partial charge in [0.1, 0.15) is 5.69 Å². The third-order valence-corrected chi connectivity index (χ3v) is 3.01. The normalized spacial score (nSPS) is 20.6. The van der Waals surface area contributed by atoms with E-state index in [1.165, 1.54) is 6.07 Å². The molecule has 1 fully saturated rings. The maximum Gasteiger partial charge on any atom is 0.292 e. The summed E-state index contributed by atoms with van der Waals surface area (Å²) in [6.45, 7) is 1.94. The molecule has 1 aliphatic heterocycles. The summed E-state index contributed by atoms with van der Waals surface area (Å²) in [4.78, 5) is 12.3. The number of nitrogens with two attached hydrogens (primary N) is 1. The van der Waals surface area contributed by atoms with Crippen molar-refractivity contribution in [2.45, 2.75) is 19.1 Å². The zero-order valence-corrected chi connectivity index (χ0v) is 9.37. The number of anilines is 1. The van der Waals surface area contributed by atoms with E-state index in [-0.39, 0.29) is 17.5 Å². The maximum atomic E-state index is 10.7. The van der Waals surface area contributed by atoms with E-state index in [2.05, 4.69) is 0 Å². The number of aliphatic hydroxyl groups excluding tert-OH is 1. The molecule has 0 aromatic heterocycles. The molecule has 1 atom stereocenters. The van der Waals surface area contributed by atoms with Crippen molar-refractivity contribution >= 4 is 11.4 Å². The SMILES string of the molecule is Nc1c(CN2CCC(O)C2)cccc1[N+](=O)[O-]. The molecule has 0 amide bonds. The molecular formula is C11H15N3O3. The van der Waals surface area contributed by atoms with E-state index in [0.717, 1.165) is 18.5 Å². The number of benzene rings is 1. The highest BCUT2D eigenvalue weighted by Crippen LogP contribution is 2.26. The van der Waals surface area contributed by atoms with Crippen LogP contribution in [-0.4, -0.2) is 34.1 Å². The maximum absolute atomic E-state index is 10.7. The molecule has 17 heavy (non-hydrogen) atoms. The van der Waals surface area contributed by atoms with E-state index in [1.807, 2.05) is 4.90 Å². The Kier molecular flexibility index (Phi) is 3.26. The summed E-state index contributed by atoms with van der Waals surface area (Å²) in [7, 11) is 0. The van der Waals surface area contributed by atoms with Crippen molar-refractivity contribution < 1.29 is 10.0 Å². The fourth-order valence-electron chi connectivity index (χ4n) is 2.09. The van der Waals surface area contributed by atoms with Gasteiger partial charge in [-0.15, -0.1) is 0 Å². The smallest absolute Gasteiger partial charge is 0.292 e. The first-order chi connectivity index (χ1) is 8.08. The quantitative estimate of drug-likeness (QED) is 0.459. The Labute approximate surface area is 98.8 Å². The third kappa shape index (κ3) is 2.54. The Morgan fingerprint density at radius 3 is 2.94 bits per heavy atom. The fraction of sp³-hybridized carbons (Fsp3) is 0.455. The zero-order chi connectivity index (χ0) is 12.4. The second-order valence-corrected chi connectivity index (χ2v) is 4.28. The number of para-hydroxylation sites is 1. The van der Waals surface area contributed by atoms with E-state index < -0.39 is 4.92 Å². The van der Waals surface area contributed by atoms with Gasteiger partial charge in [-0.05, 0) is 12.0 Å². The molecule has 0 bridgehead atoms. The first kappa shape index (κ1) is 11.8. The van der Waals surface area contributed by atoms with Gasteiger partial charge in [0.2, 0.25) is 0 Å². The lowest BCUT2D eigenvalue weighted by Crippen LogP contribution is -2.22. The Morgan fingerprint density at radius 2 is 2.35 bits per heavy atom. The number of likely N-dealkylation sites (tertiary alicyclic amines) is 1. The van der Waals surface area contributed by atoms with Crippen molar-refractivity contribution in [1.29, 1.82) is 0 Å². The molecule has 0 saturated carbocycles. The van der Waals surface area contributed by atoms with E-state index in [1.54, 1.807) is 12.1 Å². The van der Waals surface area contributed by atoms with Crippen LogP contribution in [0.25, 0.3) is 0 Å². The van der Waals surface area contributed by atoms with Gasteiger partial charge < -0.3 is 10.8 Å². The molecule has 92 valence electrons. The number of nitro benzene ring substituents is 1. The Hall–Kier alpha value is -1.66.